The van der Waals surface area contributed by atoms with Gasteiger partial charge in [-0.15, -0.1) is 0 Å². The number of fused-ring (bicyclic) bond motifs is 2. The highest BCUT2D eigenvalue weighted by Crippen LogP contribution is 2.44. The molecule has 0 fully saturated rings. The summed E-state index contributed by atoms with van der Waals surface area (Å²) in [5, 5.41) is 7.10. The van der Waals surface area contributed by atoms with E-state index in [0.29, 0.717) is 5.92 Å². The lowest BCUT2D eigenvalue weighted by Crippen LogP contribution is -2.05. The zero-order chi connectivity index (χ0) is 16.8. The van der Waals surface area contributed by atoms with Gasteiger partial charge in [-0.1, -0.05) is 79.8 Å². The Kier molecular flexibility index (Phi) is 3.69. The van der Waals surface area contributed by atoms with E-state index in [1.165, 1.54) is 32.7 Å². The van der Waals surface area contributed by atoms with Crippen LogP contribution in [0, 0.1) is 5.92 Å². The minimum absolute atomic E-state index is 0.504. The molecular weight excluding hydrogens is 304 g/mol. The average Bonchev–Trinajstić information content (AvgIpc) is 2.87. The van der Waals surface area contributed by atoms with Crippen LogP contribution in [0.2, 0.25) is 13.1 Å². The highest BCUT2D eigenvalue weighted by molar-refractivity contribution is 6.65. The van der Waals surface area contributed by atoms with Crippen LogP contribution < -0.4 is 0 Å². The van der Waals surface area contributed by atoms with Gasteiger partial charge in [0.15, 0.2) is 0 Å². The lowest BCUT2D eigenvalue weighted by molar-refractivity contribution is 0.981. The molecule has 0 bridgehead atoms. The first-order valence-corrected chi connectivity index (χ1v) is 11.8. The Morgan fingerprint density at radius 3 is 1.88 bits per heavy atom. The smallest absolute Gasteiger partial charge is 0.0647 e. The van der Waals surface area contributed by atoms with Crippen LogP contribution in [0.3, 0.4) is 0 Å². The van der Waals surface area contributed by atoms with E-state index >= 15 is 0 Å². The Labute approximate surface area is 146 Å². The molecule has 3 aromatic rings. The first-order chi connectivity index (χ1) is 11.6. The molecule has 4 rings (SSSR count). The maximum absolute atomic E-state index is 2.53. The van der Waals surface area contributed by atoms with Gasteiger partial charge in [-0.25, -0.2) is 0 Å². The van der Waals surface area contributed by atoms with E-state index in [0.717, 1.165) is 0 Å². The average molecular weight is 329 g/mol. The fourth-order valence-electron chi connectivity index (χ4n) is 4.32. The first kappa shape index (κ1) is 15.4. The molecule has 0 radical (unpaired) electrons. The van der Waals surface area contributed by atoms with E-state index in [1.54, 1.807) is 10.8 Å². The molecule has 24 heavy (non-hydrogen) atoms. The molecule has 1 unspecified atom stereocenters. The summed E-state index contributed by atoms with van der Waals surface area (Å²) in [4.78, 5) is 0. The molecule has 0 aliphatic heterocycles. The summed E-state index contributed by atoms with van der Waals surface area (Å²) in [6.45, 7) is 9.58. The molecule has 0 spiro atoms. The molecule has 0 nitrogen and oxygen atoms in total. The molecule has 0 aromatic heterocycles. The monoisotopic (exact) mass is 328 g/mol. The van der Waals surface area contributed by atoms with Crippen LogP contribution in [0.4, 0.5) is 0 Å². The molecule has 1 heteroatoms. The first-order valence-electron chi connectivity index (χ1n) is 8.91. The Hall–Kier alpha value is -2.12. The van der Waals surface area contributed by atoms with Crippen LogP contribution in [0.25, 0.3) is 27.1 Å². The van der Waals surface area contributed by atoms with Crippen molar-refractivity contribution in [3.05, 3.63) is 77.0 Å². The minimum atomic E-state index is -0.802. The predicted octanol–water partition coefficient (Wildman–Crippen LogP) is 6.37. The van der Waals surface area contributed by atoms with Crippen LogP contribution in [-0.2, 0) is 0 Å². The third kappa shape index (κ3) is 2.27. The van der Waals surface area contributed by atoms with Gasteiger partial charge in [0.2, 0.25) is 0 Å². The highest BCUT2D eigenvalue weighted by Gasteiger charge is 2.26. The zero-order valence-corrected chi connectivity index (χ0v) is 16.1. The largest absolute Gasteiger partial charge is 0.0781 e. The van der Waals surface area contributed by atoms with Gasteiger partial charge in [0.1, 0.15) is 0 Å². The molecule has 0 amide bonds. The van der Waals surface area contributed by atoms with Crippen molar-refractivity contribution in [3.63, 3.8) is 0 Å². The lowest BCUT2D eigenvalue weighted by atomic mass is 9.86. The van der Waals surface area contributed by atoms with Crippen molar-refractivity contribution in [1.82, 2.24) is 0 Å². The third-order valence-corrected chi connectivity index (χ3v) is 7.25. The van der Waals surface area contributed by atoms with E-state index in [1.807, 2.05) is 0 Å². The van der Waals surface area contributed by atoms with Crippen molar-refractivity contribution in [1.29, 1.82) is 0 Å². The molecule has 1 aliphatic carbocycles. The summed E-state index contributed by atoms with van der Waals surface area (Å²) in [6.07, 6.45) is 2.53. The zero-order valence-electron chi connectivity index (χ0n) is 14.9. The van der Waals surface area contributed by atoms with Crippen LogP contribution >= 0.6 is 0 Å². The van der Waals surface area contributed by atoms with Gasteiger partial charge in [0, 0.05) is 5.92 Å². The van der Waals surface area contributed by atoms with Crippen molar-refractivity contribution >= 4 is 35.9 Å². The molecular formula is C23H24Si. The van der Waals surface area contributed by atoms with Crippen molar-refractivity contribution in [2.24, 2.45) is 5.92 Å². The summed E-state index contributed by atoms with van der Waals surface area (Å²) in [7, 11) is -0.802. The summed E-state index contributed by atoms with van der Waals surface area (Å²) in [5.41, 5.74) is 4.53. The van der Waals surface area contributed by atoms with Crippen LogP contribution in [0.5, 0.6) is 0 Å². The van der Waals surface area contributed by atoms with E-state index in [-0.39, 0.29) is 0 Å². The van der Waals surface area contributed by atoms with Crippen molar-refractivity contribution in [2.45, 2.75) is 26.9 Å². The lowest BCUT2D eigenvalue weighted by Gasteiger charge is -2.18. The van der Waals surface area contributed by atoms with Gasteiger partial charge < -0.3 is 0 Å². The quantitative estimate of drug-likeness (QED) is 0.379. The molecule has 0 saturated carbocycles. The molecule has 120 valence electrons. The van der Waals surface area contributed by atoms with Gasteiger partial charge in [0.25, 0.3) is 0 Å². The van der Waals surface area contributed by atoms with Gasteiger partial charge >= 0.3 is 0 Å². The predicted molar refractivity (Wildman–Crippen MR) is 110 cm³/mol. The summed E-state index contributed by atoms with van der Waals surface area (Å²) in [5.74, 6) is 0.504. The highest BCUT2D eigenvalue weighted by atomic mass is 28.3. The number of rotatable bonds is 2. The second-order valence-corrected chi connectivity index (χ2v) is 10.2. The normalized spacial score (nSPS) is 18.0. The van der Waals surface area contributed by atoms with Gasteiger partial charge in [0.05, 0.1) is 8.80 Å². The number of hydrogen-bond acceptors (Lipinski definition) is 0. The van der Waals surface area contributed by atoms with Crippen molar-refractivity contribution in [2.75, 3.05) is 0 Å². The van der Waals surface area contributed by atoms with Crippen LogP contribution in [0.1, 0.15) is 19.4 Å². The molecule has 0 heterocycles. The fraction of sp³-hybridized carbons (Fsp3) is 0.217. The van der Waals surface area contributed by atoms with Crippen LogP contribution in [-0.4, -0.2) is 8.80 Å². The molecule has 0 N–H and O–H groups in total. The van der Waals surface area contributed by atoms with E-state index < -0.39 is 8.80 Å². The van der Waals surface area contributed by atoms with Gasteiger partial charge in [-0.2, -0.15) is 0 Å². The second kappa shape index (κ2) is 5.75. The topological polar surface area (TPSA) is 0 Å². The number of allylic oxidation sites excluding steroid dienone is 4. The van der Waals surface area contributed by atoms with Gasteiger partial charge in [-0.05, 0) is 51.2 Å². The summed E-state index contributed by atoms with van der Waals surface area (Å²) < 4.78 is 0. The van der Waals surface area contributed by atoms with E-state index in [2.05, 4.69) is 87.6 Å². The summed E-state index contributed by atoms with van der Waals surface area (Å²) in [6, 6.07) is 20.0. The molecule has 1 atom stereocenters. The fourth-order valence-corrected chi connectivity index (χ4v) is 6.01. The second-order valence-electron chi connectivity index (χ2n) is 7.30. The maximum atomic E-state index is 2.53. The standard InChI is InChI=1S/C23H24Si/c1-15-13-21(24(3)4)16(2)22(15)23-19-11-7-5-9-17(19)14-18-10-6-8-12-20(18)23/h5-15,24H,1-4H3. The Morgan fingerprint density at radius 2 is 1.38 bits per heavy atom. The molecule has 3 aromatic carbocycles. The van der Waals surface area contributed by atoms with Crippen molar-refractivity contribution < 1.29 is 0 Å². The summed E-state index contributed by atoms with van der Waals surface area (Å²) >= 11 is 0. The maximum Gasteiger partial charge on any atom is 0.0647 e. The number of hydrogen-bond donors (Lipinski definition) is 0. The van der Waals surface area contributed by atoms with E-state index in [4.69, 9.17) is 0 Å². The molecule has 1 aliphatic rings. The Morgan fingerprint density at radius 1 is 0.833 bits per heavy atom. The van der Waals surface area contributed by atoms with E-state index in [9.17, 15) is 0 Å². The molecule has 0 saturated heterocycles. The third-order valence-electron chi connectivity index (χ3n) is 5.38. The van der Waals surface area contributed by atoms with Gasteiger partial charge in [-0.3, -0.25) is 0 Å². The van der Waals surface area contributed by atoms with Crippen molar-refractivity contribution in [3.8, 4) is 0 Å². The SMILES string of the molecule is CC1=C(c2c3ccccc3cc3ccccc23)C(C)C=C1[SiH](C)C. The Bertz CT molecular complexity index is 951. The minimum Gasteiger partial charge on any atom is -0.0781 e. The van der Waals surface area contributed by atoms with Crippen LogP contribution in [0.15, 0.2) is 71.4 Å². The number of benzene rings is 3. The Balaban J connectivity index is 2.12.